The Balaban J connectivity index is 2.02. The molecule has 134 valence electrons. The first-order valence-electron chi connectivity index (χ1n) is 8.35. The highest BCUT2D eigenvalue weighted by Gasteiger charge is 2.33. The van der Waals surface area contributed by atoms with Crippen molar-refractivity contribution < 1.29 is 4.92 Å². The van der Waals surface area contributed by atoms with Gasteiger partial charge in [-0.1, -0.05) is 75.4 Å². The first kappa shape index (κ1) is 18.9. The molecule has 0 bridgehead atoms. The minimum Gasteiger partial charge on any atom is -0.259 e. The van der Waals surface area contributed by atoms with Gasteiger partial charge in [0.1, 0.15) is 5.25 Å². The molecule has 3 rings (SSSR count). The standard InChI is InChI=1S/C21H20BrNO2S/c1-21(2,3)16-11-9-15(10-12-16)20-18(23(24)25)13-17(22)19(26-20)14-7-5-4-6-8-14/h4-13,20H,1-3H3. The van der Waals surface area contributed by atoms with E-state index in [-0.39, 0.29) is 21.3 Å². The summed E-state index contributed by atoms with van der Waals surface area (Å²) in [5.74, 6) is 0. The van der Waals surface area contributed by atoms with E-state index >= 15 is 0 Å². The van der Waals surface area contributed by atoms with Crippen LogP contribution in [0.2, 0.25) is 0 Å². The Morgan fingerprint density at radius 1 is 1.04 bits per heavy atom. The average molecular weight is 430 g/mol. The van der Waals surface area contributed by atoms with Crippen LogP contribution in [-0.4, -0.2) is 4.92 Å². The number of allylic oxidation sites excluding steroid dienone is 2. The number of thioether (sulfide) groups is 1. The van der Waals surface area contributed by atoms with E-state index in [0.717, 1.165) is 20.5 Å². The van der Waals surface area contributed by atoms with Crippen molar-refractivity contribution in [3.05, 3.63) is 97.7 Å². The number of nitrogens with zero attached hydrogens (tertiary/aromatic N) is 1. The number of halogens is 1. The van der Waals surface area contributed by atoms with Gasteiger partial charge < -0.3 is 0 Å². The fraction of sp³-hybridized carbons (Fsp3) is 0.238. The summed E-state index contributed by atoms with van der Waals surface area (Å²) in [4.78, 5) is 12.4. The highest BCUT2D eigenvalue weighted by Crippen LogP contribution is 2.50. The van der Waals surface area contributed by atoms with Crippen LogP contribution in [0.1, 0.15) is 42.7 Å². The van der Waals surface area contributed by atoms with E-state index in [1.54, 1.807) is 6.08 Å². The van der Waals surface area contributed by atoms with Crippen LogP contribution in [0.25, 0.3) is 4.91 Å². The fourth-order valence-corrected chi connectivity index (χ4v) is 4.84. The molecule has 26 heavy (non-hydrogen) atoms. The number of hydrogen-bond donors (Lipinski definition) is 0. The summed E-state index contributed by atoms with van der Waals surface area (Å²) in [5.41, 5.74) is 3.47. The van der Waals surface area contributed by atoms with E-state index in [9.17, 15) is 10.1 Å². The first-order valence-corrected chi connectivity index (χ1v) is 10.0. The Kier molecular flexibility index (Phi) is 5.39. The molecule has 1 aliphatic heterocycles. The summed E-state index contributed by atoms with van der Waals surface area (Å²) in [7, 11) is 0. The van der Waals surface area contributed by atoms with E-state index < -0.39 is 0 Å². The number of benzene rings is 2. The Morgan fingerprint density at radius 2 is 1.65 bits per heavy atom. The zero-order chi connectivity index (χ0) is 18.9. The first-order chi connectivity index (χ1) is 12.3. The predicted octanol–water partition coefficient (Wildman–Crippen LogP) is 6.70. The second-order valence-electron chi connectivity index (χ2n) is 7.24. The van der Waals surface area contributed by atoms with Crippen LogP contribution < -0.4 is 0 Å². The Morgan fingerprint density at radius 3 is 2.19 bits per heavy atom. The van der Waals surface area contributed by atoms with Gasteiger partial charge in [-0.3, -0.25) is 10.1 Å². The summed E-state index contributed by atoms with van der Waals surface area (Å²) in [6, 6.07) is 18.1. The number of nitro groups is 1. The van der Waals surface area contributed by atoms with Crippen molar-refractivity contribution >= 4 is 32.6 Å². The van der Waals surface area contributed by atoms with Gasteiger partial charge in [-0.15, -0.1) is 11.8 Å². The average Bonchev–Trinajstić information content (AvgIpc) is 2.61. The van der Waals surface area contributed by atoms with Gasteiger partial charge in [0.15, 0.2) is 0 Å². The topological polar surface area (TPSA) is 43.1 Å². The van der Waals surface area contributed by atoms with Crippen molar-refractivity contribution in [2.45, 2.75) is 31.4 Å². The maximum atomic E-state index is 11.6. The van der Waals surface area contributed by atoms with Crippen LogP contribution in [0.15, 0.2) is 70.9 Å². The molecule has 2 aromatic carbocycles. The molecular weight excluding hydrogens is 410 g/mol. The monoisotopic (exact) mass is 429 g/mol. The third kappa shape index (κ3) is 3.94. The van der Waals surface area contributed by atoms with E-state index in [1.807, 2.05) is 42.5 Å². The van der Waals surface area contributed by atoms with Crippen molar-refractivity contribution in [2.24, 2.45) is 0 Å². The summed E-state index contributed by atoms with van der Waals surface area (Å²) >= 11 is 5.03. The predicted molar refractivity (Wildman–Crippen MR) is 113 cm³/mol. The Hall–Kier alpha value is -1.85. The summed E-state index contributed by atoms with van der Waals surface area (Å²) in [6.45, 7) is 6.48. The van der Waals surface area contributed by atoms with Crippen molar-refractivity contribution in [1.82, 2.24) is 0 Å². The molecule has 0 aromatic heterocycles. The minimum atomic E-state index is -0.337. The maximum absolute atomic E-state index is 11.6. The zero-order valence-electron chi connectivity index (χ0n) is 14.9. The number of hydrogen-bond acceptors (Lipinski definition) is 3. The van der Waals surface area contributed by atoms with Crippen molar-refractivity contribution in [3.8, 4) is 0 Å². The second kappa shape index (κ2) is 7.41. The molecule has 0 radical (unpaired) electrons. The fourth-order valence-electron chi connectivity index (χ4n) is 2.85. The summed E-state index contributed by atoms with van der Waals surface area (Å²) < 4.78 is 0.753. The van der Waals surface area contributed by atoms with Crippen LogP contribution in [-0.2, 0) is 5.41 Å². The highest BCUT2D eigenvalue weighted by atomic mass is 79.9. The highest BCUT2D eigenvalue weighted by molar-refractivity contribution is 9.12. The van der Waals surface area contributed by atoms with Gasteiger partial charge in [-0.2, -0.15) is 0 Å². The molecule has 1 atom stereocenters. The molecule has 0 fully saturated rings. The molecule has 1 heterocycles. The lowest BCUT2D eigenvalue weighted by Gasteiger charge is -2.23. The van der Waals surface area contributed by atoms with Gasteiger partial charge in [-0.25, -0.2) is 0 Å². The third-order valence-electron chi connectivity index (χ3n) is 4.32. The minimum absolute atomic E-state index is 0.0537. The number of rotatable bonds is 3. The Labute approximate surface area is 166 Å². The van der Waals surface area contributed by atoms with E-state index in [2.05, 4.69) is 48.8 Å². The summed E-state index contributed by atoms with van der Waals surface area (Å²) in [6.07, 6.45) is 1.64. The van der Waals surface area contributed by atoms with Gasteiger partial charge in [0.25, 0.3) is 5.70 Å². The smallest absolute Gasteiger partial charge is 0.259 e. The molecule has 0 amide bonds. The van der Waals surface area contributed by atoms with Crippen molar-refractivity contribution in [1.29, 1.82) is 0 Å². The zero-order valence-corrected chi connectivity index (χ0v) is 17.3. The molecule has 0 saturated carbocycles. The molecule has 3 nitrogen and oxygen atoms in total. The maximum Gasteiger partial charge on any atom is 0.265 e. The molecule has 0 N–H and O–H groups in total. The molecule has 0 aliphatic carbocycles. The quantitative estimate of drug-likeness (QED) is 0.402. The van der Waals surface area contributed by atoms with E-state index in [4.69, 9.17) is 0 Å². The van der Waals surface area contributed by atoms with Gasteiger partial charge in [-0.05, 0) is 38.0 Å². The van der Waals surface area contributed by atoms with Crippen LogP contribution in [0.5, 0.6) is 0 Å². The lowest BCUT2D eigenvalue weighted by molar-refractivity contribution is -0.427. The van der Waals surface area contributed by atoms with Crippen molar-refractivity contribution in [3.63, 3.8) is 0 Å². The molecule has 1 aliphatic rings. The third-order valence-corrected chi connectivity index (χ3v) is 6.65. The normalized spacial score (nSPS) is 17.8. The largest absolute Gasteiger partial charge is 0.265 e. The van der Waals surface area contributed by atoms with Gasteiger partial charge in [0.05, 0.1) is 4.92 Å². The van der Waals surface area contributed by atoms with Crippen LogP contribution in [0, 0.1) is 10.1 Å². The van der Waals surface area contributed by atoms with E-state index in [0.29, 0.717) is 0 Å². The van der Waals surface area contributed by atoms with Gasteiger partial charge >= 0.3 is 0 Å². The van der Waals surface area contributed by atoms with Crippen molar-refractivity contribution in [2.75, 3.05) is 0 Å². The van der Waals surface area contributed by atoms with Crippen LogP contribution in [0.4, 0.5) is 0 Å². The molecule has 2 aromatic rings. The lowest BCUT2D eigenvalue weighted by Crippen LogP contribution is -2.13. The van der Waals surface area contributed by atoms with Gasteiger partial charge in [0.2, 0.25) is 0 Å². The second-order valence-corrected chi connectivity index (χ2v) is 9.21. The molecule has 5 heteroatoms. The summed E-state index contributed by atoms with van der Waals surface area (Å²) in [5, 5.41) is 11.3. The van der Waals surface area contributed by atoms with E-state index in [1.165, 1.54) is 17.3 Å². The SMILES string of the molecule is CC(C)(C)c1ccc(C2SC(c3ccccc3)=C(Br)C=C2[N+](=O)[O-])cc1. The molecule has 0 saturated heterocycles. The Bertz CT molecular complexity index is 880. The molecule has 0 spiro atoms. The van der Waals surface area contributed by atoms with Crippen LogP contribution in [0.3, 0.4) is 0 Å². The molecule has 1 unspecified atom stereocenters. The molecular formula is C21H20BrNO2S. The van der Waals surface area contributed by atoms with Crippen LogP contribution >= 0.6 is 27.7 Å². The lowest BCUT2D eigenvalue weighted by atomic mass is 9.86. The van der Waals surface area contributed by atoms with Gasteiger partial charge in [0, 0.05) is 15.5 Å².